The summed E-state index contributed by atoms with van der Waals surface area (Å²) in [5.41, 5.74) is 0. The molecule has 6 heteroatoms. The molecular weight excluding hydrogens is 188 g/mol. The van der Waals surface area contributed by atoms with Gasteiger partial charge in [-0.2, -0.15) is 0 Å². The SMILES string of the molecule is O=[Si]([O-])[O-].[Na+].[Y+3]. The van der Waals surface area contributed by atoms with Gasteiger partial charge in [0.1, 0.15) is 0 Å². The van der Waals surface area contributed by atoms with Gasteiger partial charge in [0.15, 0.2) is 0 Å². The molecule has 0 amide bonds. The molecule has 24 valence electrons. The number of hydrogen-bond acceptors (Lipinski definition) is 3. The molecule has 0 N–H and O–H groups in total. The molecule has 0 bridgehead atoms. The van der Waals surface area contributed by atoms with E-state index in [1.807, 2.05) is 0 Å². The van der Waals surface area contributed by atoms with Gasteiger partial charge in [-0.1, -0.05) is 0 Å². The Bertz CT molecular complexity index is 33.8. The fourth-order valence-electron chi connectivity index (χ4n) is 0. The van der Waals surface area contributed by atoms with Crippen molar-refractivity contribution in [2.24, 2.45) is 0 Å². The fraction of sp³-hybridized carbons (Fsp3) is 0. The van der Waals surface area contributed by atoms with E-state index in [1.54, 1.807) is 0 Å². The first-order valence-corrected chi connectivity index (χ1v) is 1.84. The minimum absolute atomic E-state index is 0. The van der Waals surface area contributed by atoms with Crippen molar-refractivity contribution < 1.29 is 76.3 Å². The number of rotatable bonds is 0. The van der Waals surface area contributed by atoms with Crippen molar-refractivity contribution in [1.29, 1.82) is 0 Å². The van der Waals surface area contributed by atoms with Gasteiger partial charge in [-0.05, 0) is 0 Å². The van der Waals surface area contributed by atoms with E-state index in [9.17, 15) is 0 Å². The van der Waals surface area contributed by atoms with Gasteiger partial charge in [0.25, 0.3) is 0 Å². The molecule has 0 aliphatic carbocycles. The molecule has 0 aromatic carbocycles. The van der Waals surface area contributed by atoms with Gasteiger partial charge < -0.3 is 14.1 Å². The average Bonchev–Trinajstić information content (AvgIpc) is 0.811. The largest absolute Gasteiger partial charge is 3.00 e. The zero-order chi connectivity index (χ0) is 3.58. The summed E-state index contributed by atoms with van der Waals surface area (Å²) in [4.78, 5) is 17.0. The second-order valence-corrected chi connectivity index (χ2v) is 0.750. The maximum atomic E-state index is 8.52. The van der Waals surface area contributed by atoms with Crippen LogP contribution in [0.25, 0.3) is 0 Å². The minimum Gasteiger partial charge on any atom is -0.672 e. The van der Waals surface area contributed by atoms with E-state index in [1.165, 1.54) is 0 Å². The van der Waals surface area contributed by atoms with Crippen LogP contribution in [0.2, 0.25) is 0 Å². The third-order valence-electron chi connectivity index (χ3n) is 0. The second kappa shape index (κ2) is 9.87. The first-order valence-electron chi connectivity index (χ1n) is 0.612. The van der Waals surface area contributed by atoms with Crippen LogP contribution in [0.5, 0.6) is 0 Å². The first-order chi connectivity index (χ1) is 1.73. The molecule has 0 aliphatic rings. The van der Waals surface area contributed by atoms with Crippen molar-refractivity contribution >= 4 is 9.17 Å². The van der Waals surface area contributed by atoms with E-state index in [2.05, 4.69) is 0 Å². The molecule has 0 fully saturated rings. The molecule has 0 unspecified atom stereocenters. The average molecular weight is 188 g/mol. The van der Waals surface area contributed by atoms with Crippen LogP contribution in [0.1, 0.15) is 0 Å². The summed E-state index contributed by atoms with van der Waals surface area (Å²) >= 11 is 0. The van der Waals surface area contributed by atoms with Crippen LogP contribution < -0.4 is 39.1 Å². The van der Waals surface area contributed by atoms with Crippen LogP contribution in [0.4, 0.5) is 0 Å². The van der Waals surface area contributed by atoms with E-state index >= 15 is 0 Å². The minimum atomic E-state index is -3.63. The van der Waals surface area contributed by atoms with Gasteiger partial charge in [0.05, 0.1) is 0 Å². The van der Waals surface area contributed by atoms with Crippen LogP contribution >= 0.6 is 0 Å². The predicted molar refractivity (Wildman–Crippen MR) is 6.44 cm³/mol. The third-order valence-corrected chi connectivity index (χ3v) is 0. The fourth-order valence-corrected chi connectivity index (χ4v) is 0. The van der Waals surface area contributed by atoms with E-state index in [-0.39, 0.29) is 62.3 Å². The van der Waals surface area contributed by atoms with E-state index in [0.29, 0.717) is 0 Å². The Morgan fingerprint density at radius 1 is 1.33 bits per heavy atom. The Kier molecular flexibility index (Phi) is 25.7. The Labute approximate surface area is 84.2 Å². The topological polar surface area (TPSA) is 63.2 Å². The third kappa shape index (κ3) is 43.1. The summed E-state index contributed by atoms with van der Waals surface area (Å²) in [6, 6.07) is 0. The van der Waals surface area contributed by atoms with Crippen molar-refractivity contribution in [3.8, 4) is 0 Å². The summed E-state index contributed by atoms with van der Waals surface area (Å²) < 4.78 is 8.52. The molecule has 6 heavy (non-hydrogen) atoms. The van der Waals surface area contributed by atoms with Gasteiger partial charge in [-0.25, -0.2) is 0 Å². The summed E-state index contributed by atoms with van der Waals surface area (Å²) in [6.07, 6.45) is 0. The summed E-state index contributed by atoms with van der Waals surface area (Å²) in [7, 11) is -3.63. The molecule has 0 spiro atoms. The molecule has 3 nitrogen and oxygen atoms in total. The van der Waals surface area contributed by atoms with Crippen molar-refractivity contribution in [2.75, 3.05) is 0 Å². The Morgan fingerprint density at radius 3 is 1.33 bits per heavy atom. The Balaban J connectivity index is -0.0000000450. The maximum absolute atomic E-state index is 8.52. The van der Waals surface area contributed by atoms with Gasteiger partial charge in [0.2, 0.25) is 0 Å². The van der Waals surface area contributed by atoms with E-state index in [4.69, 9.17) is 14.1 Å². The zero-order valence-electron chi connectivity index (χ0n) is 3.30. The van der Waals surface area contributed by atoms with Gasteiger partial charge in [0, 0.05) is 9.17 Å². The van der Waals surface area contributed by atoms with Gasteiger partial charge in [-0.15, -0.1) is 0 Å². The van der Waals surface area contributed by atoms with Crippen LogP contribution in [0.15, 0.2) is 0 Å². The molecule has 0 heterocycles. The maximum Gasteiger partial charge on any atom is 3.00 e. The van der Waals surface area contributed by atoms with Gasteiger partial charge >= 0.3 is 62.3 Å². The molecule has 0 saturated carbocycles. The van der Waals surface area contributed by atoms with E-state index < -0.39 is 9.17 Å². The van der Waals surface area contributed by atoms with Crippen LogP contribution in [-0.4, -0.2) is 9.17 Å². The second-order valence-electron chi connectivity index (χ2n) is 0.250. The Morgan fingerprint density at radius 2 is 1.33 bits per heavy atom. The summed E-state index contributed by atoms with van der Waals surface area (Å²) in [5.74, 6) is 0. The van der Waals surface area contributed by atoms with Crippen LogP contribution in [-0.2, 0) is 37.2 Å². The van der Waals surface area contributed by atoms with Crippen molar-refractivity contribution in [3.63, 3.8) is 0 Å². The van der Waals surface area contributed by atoms with Crippen LogP contribution in [0.3, 0.4) is 0 Å². The van der Waals surface area contributed by atoms with E-state index in [0.717, 1.165) is 0 Å². The van der Waals surface area contributed by atoms with Crippen molar-refractivity contribution in [3.05, 3.63) is 0 Å². The molecule has 0 aromatic heterocycles. The Hall–Kier alpha value is 1.72. The summed E-state index contributed by atoms with van der Waals surface area (Å²) in [6.45, 7) is 0. The quantitative estimate of drug-likeness (QED) is 0.355. The molecule has 0 saturated heterocycles. The van der Waals surface area contributed by atoms with Crippen molar-refractivity contribution in [2.45, 2.75) is 0 Å². The normalized spacial score (nSPS) is 4.00. The monoisotopic (exact) mass is 188 g/mol. The predicted octanol–water partition coefficient (Wildman–Crippen LogP) is -5.88. The molecule has 0 rings (SSSR count). The standard InChI is InChI=1S/Na.O3Si.Y/c;1-4(2)3;/q+1;-2;+3. The van der Waals surface area contributed by atoms with Gasteiger partial charge in [-0.3, -0.25) is 0 Å². The molecular formula is NaO3SiY+2. The molecule has 0 aromatic rings. The smallest absolute Gasteiger partial charge is 0.672 e. The summed E-state index contributed by atoms with van der Waals surface area (Å²) in [5, 5.41) is 0. The first kappa shape index (κ1) is 15.6. The molecule has 0 radical (unpaired) electrons. The van der Waals surface area contributed by atoms with Crippen molar-refractivity contribution in [1.82, 2.24) is 0 Å². The van der Waals surface area contributed by atoms with Crippen LogP contribution in [0, 0.1) is 0 Å². The molecule has 0 aliphatic heterocycles. The number of hydrogen-bond donors (Lipinski definition) is 0. The zero-order valence-corrected chi connectivity index (χ0v) is 9.14. The molecule has 0 atom stereocenters.